The van der Waals surface area contributed by atoms with E-state index in [1.54, 1.807) is 11.0 Å². The molecule has 0 aliphatic carbocycles. The summed E-state index contributed by atoms with van der Waals surface area (Å²) in [5, 5.41) is 20.4. The van der Waals surface area contributed by atoms with Crippen molar-refractivity contribution in [2.75, 3.05) is 18.1 Å². The molecule has 6 atom stereocenters. The highest BCUT2D eigenvalue weighted by molar-refractivity contribution is 6.05. The summed E-state index contributed by atoms with van der Waals surface area (Å²) in [6, 6.07) is 4.13. The highest BCUT2D eigenvalue weighted by Crippen LogP contribution is 2.64. The summed E-state index contributed by atoms with van der Waals surface area (Å²) in [5.74, 6) is -3.81. The highest BCUT2D eigenvalue weighted by Gasteiger charge is 2.79. The molecule has 1 aromatic carbocycles. The number of aryl methyl sites for hydroxylation is 2. The normalized spacial score (nSPS) is 32.0. The smallest absolute Gasteiger partial charge is 0.310 e. The number of ether oxygens (including phenoxy) is 1. The van der Waals surface area contributed by atoms with Crippen LogP contribution in [0.25, 0.3) is 0 Å². The zero-order valence-electron chi connectivity index (χ0n) is 21.0. The summed E-state index contributed by atoms with van der Waals surface area (Å²) in [6.45, 7) is 11.3. The quantitative estimate of drug-likeness (QED) is 0.522. The van der Waals surface area contributed by atoms with Crippen molar-refractivity contribution in [2.45, 2.75) is 76.7 Å². The Morgan fingerprint density at radius 1 is 1.29 bits per heavy atom. The van der Waals surface area contributed by atoms with E-state index in [9.17, 15) is 24.6 Å². The molecule has 190 valence electrons. The molecule has 8 nitrogen and oxygen atoms in total. The Bertz CT molecular complexity index is 1030. The molecule has 2 unspecified atom stereocenters. The number of amides is 2. The SMILES string of the molecule is C=CCN(C(=O)C1N([C@@H](CC)CO)C(=O)[C@@H]2[C@H](C(=O)O)[C@]3(CC)CCC12O3)c1c(C)cccc1C. The van der Waals surface area contributed by atoms with Gasteiger partial charge in [-0.3, -0.25) is 14.4 Å². The third-order valence-electron chi connectivity index (χ3n) is 8.48. The van der Waals surface area contributed by atoms with Crippen molar-refractivity contribution in [3.05, 3.63) is 42.0 Å². The second-order valence-electron chi connectivity index (χ2n) is 10.1. The van der Waals surface area contributed by atoms with E-state index in [4.69, 9.17) is 4.74 Å². The van der Waals surface area contributed by atoms with E-state index in [0.29, 0.717) is 25.7 Å². The summed E-state index contributed by atoms with van der Waals surface area (Å²) in [4.78, 5) is 44.0. The maximum Gasteiger partial charge on any atom is 0.310 e. The van der Waals surface area contributed by atoms with Crippen LogP contribution >= 0.6 is 0 Å². The molecule has 0 saturated carbocycles. The topological polar surface area (TPSA) is 107 Å². The Balaban J connectivity index is 1.90. The Labute approximate surface area is 206 Å². The molecule has 4 rings (SSSR count). The summed E-state index contributed by atoms with van der Waals surface area (Å²) < 4.78 is 6.59. The molecule has 1 spiro atoms. The van der Waals surface area contributed by atoms with Crippen LogP contribution in [-0.2, 0) is 19.1 Å². The molecule has 2 amide bonds. The first-order chi connectivity index (χ1) is 16.6. The molecule has 35 heavy (non-hydrogen) atoms. The molecular formula is C27H36N2O6. The van der Waals surface area contributed by atoms with Gasteiger partial charge >= 0.3 is 5.97 Å². The lowest BCUT2D eigenvalue weighted by Gasteiger charge is -2.40. The predicted octanol–water partition coefficient (Wildman–Crippen LogP) is 2.83. The summed E-state index contributed by atoms with van der Waals surface area (Å²) in [7, 11) is 0. The van der Waals surface area contributed by atoms with Crippen LogP contribution in [0.3, 0.4) is 0 Å². The number of carboxylic acid groups (broad SMARTS) is 1. The van der Waals surface area contributed by atoms with E-state index in [0.717, 1.165) is 16.8 Å². The lowest BCUT2D eigenvalue weighted by atomic mass is 9.65. The van der Waals surface area contributed by atoms with Gasteiger partial charge in [0.15, 0.2) is 0 Å². The van der Waals surface area contributed by atoms with E-state index in [2.05, 4.69) is 6.58 Å². The second kappa shape index (κ2) is 9.06. The fraction of sp³-hybridized carbons (Fsp3) is 0.593. The Kier molecular flexibility index (Phi) is 6.57. The van der Waals surface area contributed by atoms with Gasteiger partial charge in [-0.25, -0.2) is 0 Å². The van der Waals surface area contributed by atoms with Crippen molar-refractivity contribution in [2.24, 2.45) is 11.8 Å². The van der Waals surface area contributed by atoms with Gasteiger partial charge < -0.3 is 24.7 Å². The van der Waals surface area contributed by atoms with Crippen LogP contribution in [0.1, 0.15) is 50.7 Å². The van der Waals surface area contributed by atoms with Crippen molar-refractivity contribution in [3.8, 4) is 0 Å². The number of aliphatic carboxylic acids is 1. The molecule has 2 bridgehead atoms. The van der Waals surface area contributed by atoms with Crippen molar-refractivity contribution in [1.29, 1.82) is 0 Å². The summed E-state index contributed by atoms with van der Waals surface area (Å²) in [5.41, 5.74) is 0.341. The number of para-hydroxylation sites is 1. The molecule has 3 saturated heterocycles. The molecule has 8 heteroatoms. The van der Waals surface area contributed by atoms with Gasteiger partial charge in [0.2, 0.25) is 5.91 Å². The monoisotopic (exact) mass is 484 g/mol. The van der Waals surface area contributed by atoms with Gasteiger partial charge in [0.05, 0.1) is 24.2 Å². The molecule has 3 heterocycles. The first-order valence-corrected chi connectivity index (χ1v) is 12.5. The Hall–Kier alpha value is -2.71. The predicted molar refractivity (Wildman–Crippen MR) is 131 cm³/mol. The van der Waals surface area contributed by atoms with E-state index in [-0.39, 0.29) is 19.1 Å². The zero-order valence-corrected chi connectivity index (χ0v) is 21.0. The number of carbonyl (C=O) groups excluding carboxylic acids is 2. The first kappa shape index (κ1) is 25.4. The number of aliphatic hydroxyl groups excluding tert-OH is 1. The van der Waals surface area contributed by atoms with Crippen molar-refractivity contribution < 1.29 is 29.3 Å². The average Bonchev–Trinajstić information content (AvgIpc) is 3.43. The van der Waals surface area contributed by atoms with Gasteiger partial charge in [-0.05, 0) is 50.7 Å². The van der Waals surface area contributed by atoms with Crippen LogP contribution < -0.4 is 4.90 Å². The van der Waals surface area contributed by atoms with Gasteiger partial charge in [0, 0.05) is 12.2 Å². The molecule has 0 radical (unpaired) electrons. The van der Waals surface area contributed by atoms with Crippen molar-refractivity contribution in [1.82, 2.24) is 4.90 Å². The minimum atomic E-state index is -1.24. The second-order valence-corrected chi connectivity index (χ2v) is 10.1. The minimum Gasteiger partial charge on any atom is -0.481 e. The Morgan fingerprint density at radius 3 is 2.46 bits per heavy atom. The van der Waals surface area contributed by atoms with Gasteiger partial charge in [0.25, 0.3) is 5.91 Å². The largest absolute Gasteiger partial charge is 0.481 e. The van der Waals surface area contributed by atoms with Crippen LogP contribution in [-0.4, -0.2) is 69.3 Å². The number of rotatable bonds is 9. The lowest BCUT2D eigenvalue weighted by Crippen LogP contribution is -2.59. The average molecular weight is 485 g/mol. The number of aliphatic hydroxyl groups is 1. The number of anilines is 1. The van der Waals surface area contributed by atoms with E-state index >= 15 is 0 Å². The molecule has 3 fully saturated rings. The van der Waals surface area contributed by atoms with Crippen molar-refractivity contribution in [3.63, 3.8) is 0 Å². The number of likely N-dealkylation sites (tertiary alicyclic amines) is 1. The van der Waals surface area contributed by atoms with Crippen LogP contribution in [0.2, 0.25) is 0 Å². The fourth-order valence-electron chi connectivity index (χ4n) is 6.92. The fourth-order valence-corrected chi connectivity index (χ4v) is 6.92. The number of hydrogen-bond acceptors (Lipinski definition) is 5. The van der Waals surface area contributed by atoms with E-state index < -0.39 is 47.0 Å². The van der Waals surface area contributed by atoms with E-state index in [1.165, 1.54) is 4.90 Å². The number of carbonyl (C=O) groups is 3. The summed E-state index contributed by atoms with van der Waals surface area (Å²) in [6.07, 6.45) is 3.41. The molecular weight excluding hydrogens is 448 g/mol. The van der Waals surface area contributed by atoms with Crippen molar-refractivity contribution >= 4 is 23.5 Å². The number of hydrogen-bond donors (Lipinski definition) is 2. The van der Waals surface area contributed by atoms with Crippen LogP contribution in [0.15, 0.2) is 30.9 Å². The molecule has 0 aromatic heterocycles. The van der Waals surface area contributed by atoms with Gasteiger partial charge in [-0.15, -0.1) is 6.58 Å². The van der Waals surface area contributed by atoms with Crippen LogP contribution in [0.4, 0.5) is 5.69 Å². The Morgan fingerprint density at radius 2 is 1.94 bits per heavy atom. The first-order valence-electron chi connectivity index (χ1n) is 12.5. The number of carboxylic acids is 1. The highest BCUT2D eigenvalue weighted by atomic mass is 16.5. The van der Waals surface area contributed by atoms with Gasteiger partial charge in [0.1, 0.15) is 17.6 Å². The number of benzene rings is 1. The maximum absolute atomic E-state index is 14.5. The number of nitrogens with zero attached hydrogens (tertiary/aromatic N) is 2. The van der Waals surface area contributed by atoms with E-state index in [1.807, 2.05) is 45.9 Å². The zero-order chi connectivity index (χ0) is 25.7. The van der Waals surface area contributed by atoms with Gasteiger partial charge in [-0.2, -0.15) is 0 Å². The lowest BCUT2D eigenvalue weighted by molar-refractivity contribution is -0.157. The molecule has 2 N–H and O–H groups in total. The van der Waals surface area contributed by atoms with Crippen LogP contribution in [0, 0.1) is 25.7 Å². The molecule has 1 aromatic rings. The third-order valence-corrected chi connectivity index (χ3v) is 8.48. The number of fused-ring (bicyclic) bond motifs is 1. The maximum atomic E-state index is 14.5. The van der Waals surface area contributed by atoms with Gasteiger partial charge in [-0.1, -0.05) is 38.1 Å². The summed E-state index contributed by atoms with van der Waals surface area (Å²) >= 11 is 0. The molecule has 3 aliphatic rings. The minimum absolute atomic E-state index is 0.223. The standard InChI is InChI=1S/C27H36N2O6/c1-6-14-28(21-16(4)10-9-11-17(21)5)24(32)22-27-13-12-26(8-3,35-27)20(25(33)34)19(27)23(31)29(22)18(7-2)15-30/h6,9-11,18-20,22,30H,1,7-8,12-15H2,2-5H3,(H,33,34)/t18-,19-,20+,22?,26-,27?/m0/s1. The molecule has 3 aliphatic heterocycles. The van der Waals surface area contributed by atoms with Crippen LogP contribution in [0.5, 0.6) is 0 Å². The third kappa shape index (κ3) is 3.44.